The number of carboxylic acid groups (broad SMARTS) is 1. The van der Waals surface area contributed by atoms with Crippen LogP contribution in [0.2, 0.25) is 0 Å². The monoisotopic (exact) mass is 231 g/mol. The number of hydrogen-bond acceptors (Lipinski definition) is 3. The Morgan fingerprint density at radius 3 is 2.53 bits per heavy atom. The third kappa shape index (κ3) is 2.05. The summed E-state index contributed by atoms with van der Waals surface area (Å²) in [5.41, 5.74) is 0.317. The van der Waals surface area contributed by atoms with E-state index in [2.05, 4.69) is 0 Å². The van der Waals surface area contributed by atoms with E-state index in [0.717, 1.165) is 12.8 Å². The molecule has 0 aromatic heterocycles. The highest BCUT2D eigenvalue weighted by Gasteiger charge is 2.40. The third-order valence-corrected chi connectivity index (χ3v) is 5.12. The van der Waals surface area contributed by atoms with E-state index in [1.165, 1.54) is 10.4 Å². The highest BCUT2D eigenvalue weighted by atomic mass is 32.2. The maximum absolute atomic E-state index is 11.8. The van der Waals surface area contributed by atoms with Crippen molar-refractivity contribution in [2.24, 2.45) is 0 Å². The molecule has 2 aliphatic rings. The Morgan fingerprint density at radius 1 is 1.47 bits per heavy atom. The lowest BCUT2D eigenvalue weighted by atomic mass is 10.1. The first-order chi connectivity index (χ1) is 7.01. The number of carboxylic acids is 1. The van der Waals surface area contributed by atoms with Crippen LogP contribution in [0, 0.1) is 0 Å². The molecule has 0 aromatic rings. The summed E-state index contributed by atoms with van der Waals surface area (Å²) in [6.45, 7) is 0.511. The van der Waals surface area contributed by atoms with Crippen molar-refractivity contribution >= 4 is 16.0 Å². The second-order valence-electron chi connectivity index (χ2n) is 3.89. The predicted molar refractivity (Wildman–Crippen MR) is 53.9 cm³/mol. The predicted octanol–water partition coefficient (Wildman–Crippen LogP) is 0.195. The summed E-state index contributed by atoms with van der Waals surface area (Å²) in [6, 6.07) is 0. The largest absolute Gasteiger partial charge is 0.478 e. The standard InChI is InChI=1S/C9H13NO4S/c11-9(12)7-3-5-10(6-4-7)15(13,14)8-1-2-8/h3,8H,1-2,4-6H2,(H,11,12). The molecule has 0 unspecified atom stereocenters. The maximum atomic E-state index is 11.8. The van der Waals surface area contributed by atoms with Gasteiger partial charge in [-0.2, -0.15) is 4.31 Å². The van der Waals surface area contributed by atoms with Gasteiger partial charge in [-0.15, -0.1) is 0 Å². The van der Waals surface area contributed by atoms with Gasteiger partial charge in [-0.1, -0.05) is 6.08 Å². The molecule has 0 bridgehead atoms. The van der Waals surface area contributed by atoms with Crippen molar-refractivity contribution in [3.8, 4) is 0 Å². The zero-order chi connectivity index (χ0) is 11.1. The fraction of sp³-hybridized carbons (Fsp3) is 0.667. The molecule has 84 valence electrons. The zero-order valence-electron chi connectivity index (χ0n) is 8.22. The summed E-state index contributed by atoms with van der Waals surface area (Å²) < 4.78 is 24.9. The minimum atomic E-state index is -3.14. The van der Waals surface area contributed by atoms with E-state index >= 15 is 0 Å². The molecule has 1 aliphatic heterocycles. The van der Waals surface area contributed by atoms with Crippen LogP contribution in [0.15, 0.2) is 11.6 Å². The van der Waals surface area contributed by atoms with Gasteiger partial charge in [-0.25, -0.2) is 13.2 Å². The Balaban J connectivity index is 2.07. The molecule has 0 radical (unpaired) electrons. The second-order valence-corrected chi connectivity index (χ2v) is 6.10. The van der Waals surface area contributed by atoms with E-state index in [-0.39, 0.29) is 11.8 Å². The van der Waals surface area contributed by atoms with Crippen molar-refractivity contribution in [3.05, 3.63) is 11.6 Å². The first kappa shape index (κ1) is 10.6. The molecular formula is C9H13NO4S. The average molecular weight is 231 g/mol. The minimum Gasteiger partial charge on any atom is -0.478 e. The molecule has 1 aliphatic carbocycles. The highest BCUT2D eigenvalue weighted by molar-refractivity contribution is 7.90. The Bertz CT molecular complexity index is 408. The number of rotatable bonds is 3. The van der Waals surface area contributed by atoms with E-state index in [4.69, 9.17) is 5.11 Å². The molecule has 1 heterocycles. The molecule has 0 saturated heterocycles. The molecule has 1 fully saturated rings. The summed E-state index contributed by atoms with van der Waals surface area (Å²) in [6.07, 6.45) is 3.29. The SMILES string of the molecule is O=C(O)C1=CCN(S(=O)(=O)C2CC2)CC1. The Labute approximate surface area is 88.4 Å². The number of aliphatic carboxylic acids is 1. The Hall–Kier alpha value is -0.880. The number of sulfonamides is 1. The topological polar surface area (TPSA) is 74.7 Å². The van der Waals surface area contributed by atoms with E-state index < -0.39 is 16.0 Å². The van der Waals surface area contributed by atoms with Gasteiger partial charge in [0.15, 0.2) is 0 Å². The van der Waals surface area contributed by atoms with Crippen molar-refractivity contribution in [1.82, 2.24) is 4.31 Å². The quantitative estimate of drug-likeness (QED) is 0.752. The van der Waals surface area contributed by atoms with Gasteiger partial charge in [0.1, 0.15) is 0 Å². The molecule has 2 rings (SSSR count). The van der Waals surface area contributed by atoms with Crippen LogP contribution >= 0.6 is 0 Å². The Kier molecular flexibility index (Phi) is 2.56. The molecule has 15 heavy (non-hydrogen) atoms. The van der Waals surface area contributed by atoms with Crippen LogP contribution in [0.5, 0.6) is 0 Å². The van der Waals surface area contributed by atoms with Gasteiger partial charge in [0.2, 0.25) is 10.0 Å². The summed E-state index contributed by atoms with van der Waals surface area (Å²) in [4.78, 5) is 10.6. The first-order valence-electron chi connectivity index (χ1n) is 4.93. The summed E-state index contributed by atoms with van der Waals surface area (Å²) in [7, 11) is -3.14. The van der Waals surface area contributed by atoms with E-state index in [0.29, 0.717) is 18.5 Å². The summed E-state index contributed by atoms with van der Waals surface area (Å²) in [5, 5.41) is 8.50. The van der Waals surface area contributed by atoms with Crippen LogP contribution in [0.4, 0.5) is 0 Å². The van der Waals surface area contributed by atoms with E-state index in [1.54, 1.807) is 0 Å². The van der Waals surface area contributed by atoms with Gasteiger partial charge in [-0.3, -0.25) is 0 Å². The van der Waals surface area contributed by atoms with Crippen molar-refractivity contribution in [3.63, 3.8) is 0 Å². The van der Waals surface area contributed by atoms with Crippen LogP contribution in [-0.2, 0) is 14.8 Å². The van der Waals surface area contributed by atoms with Gasteiger partial charge in [0, 0.05) is 18.7 Å². The first-order valence-corrected chi connectivity index (χ1v) is 6.43. The average Bonchev–Trinajstić information content (AvgIpc) is 3.01. The van der Waals surface area contributed by atoms with Gasteiger partial charge in [0.05, 0.1) is 5.25 Å². The molecule has 0 spiro atoms. The molecule has 1 saturated carbocycles. The van der Waals surface area contributed by atoms with Crippen LogP contribution < -0.4 is 0 Å². The summed E-state index contributed by atoms with van der Waals surface area (Å²) in [5.74, 6) is -0.946. The van der Waals surface area contributed by atoms with Crippen LogP contribution in [0.25, 0.3) is 0 Å². The maximum Gasteiger partial charge on any atom is 0.331 e. The number of hydrogen-bond donors (Lipinski definition) is 1. The lowest BCUT2D eigenvalue weighted by molar-refractivity contribution is -0.132. The van der Waals surface area contributed by atoms with Crippen LogP contribution in [-0.4, -0.2) is 42.1 Å². The normalized spacial score (nSPS) is 23.6. The number of carbonyl (C=O) groups is 1. The molecular weight excluding hydrogens is 218 g/mol. The van der Waals surface area contributed by atoms with Gasteiger partial charge in [-0.05, 0) is 19.3 Å². The fourth-order valence-corrected chi connectivity index (χ4v) is 3.43. The van der Waals surface area contributed by atoms with Crippen LogP contribution in [0.3, 0.4) is 0 Å². The van der Waals surface area contributed by atoms with Crippen LogP contribution in [0.1, 0.15) is 19.3 Å². The lowest BCUT2D eigenvalue weighted by Gasteiger charge is -2.24. The third-order valence-electron chi connectivity index (χ3n) is 2.75. The fourth-order valence-electron chi connectivity index (χ4n) is 1.65. The molecule has 1 N–H and O–H groups in total. The van der Waals surface area contributed by atoms with Gasteiger partial charge in [0.25, 0.3) is 0 Å². The zero-order valence-corrected chi connectivity index (χ0v) is 9.03. The van der Waals surface area contributed by atoms with Crippen molar-refractivity contribution in [1.29, 1.82) is 0 Å². The smallest absolute Gasteiger partial charge is 0.331 e. The number of nitrogens with zero attached hydrogens (tertiary/aromatic N) is 1. The van der Waals surface area contributed by atoms with E-state index in [1.807, 2.05) is 0 Å². The molecule has 5 nitrogen and oxygen atoms in total. The Morgan fingerprint density at radius 2 is 2.13 bits per heavy atom. The second kappa shape index (κ2) is 3.61. The van der Waals surface area contributed by atoms with Crippen molar-refractivity contribution < 1.29 is 18.3 Å². The lowest BCUT2D eigenvalue weighted by Crippen LogP contribution is -2.37. The van der Waals surface area contributed by atoms with Crippen molar-refractivity contribution in [2.75, 3.05) is 13.1 Å². The van der Waals surface area contributed by atoms with E-state index in [9.17, 15) is 13.2 Å². The minimum absolute atomic E-state index is 0.209. The molecule has 6 heteroatoms. The molecule has 0 aromatic carbocycles. The van der Waals surface area contributed by atoms with Crippen molar-refractivity contribution in [2.45, 2.75) is 24.5 Å². The van der Waals surface area contributed by atoms with Gasteiger partial charge >= 0.3 is 5.97 Å². The highest BCUT2D eigenvalue weighted by Crippen LogP contribution is 2.32. The van der Waals surface area contributed by atoms with Gasteiger partial charge < -0.3 is 5.11 Å². The molecule has 0 amide bonds. The summed E-state index contributed by atoms with van der Waals surface area (Å²) >= 11 is 0. The molecule has 0 atom stereocenters.